The first kappa shape index (κ1) is 9.12. The van der Waals surface area contributed by atoms with Crippen molar-refractivity contribution in [1.29, 1.82) is 0 Å². The Balaban J connectivity index is 3.46. The van der Waals surface area contributed by atoms with Crippen molar-refractivity contribution >= 4 is 46.4 Å². The van der Waals surface area contributed by atoms with Gasteiger partial charge >= 0.3 is 0 Å². The molecule has 1 nitrogen and oxygen atoms in total. The van der Waals surface area contributed by atoms with Gasteiger partial charge in [0.2, 0.25) is 0 Å². The van der Waals surface area contributed by atoms with Gasteiger partial charge in [0.05, 0.1) is 0 Å². The third-order valence-electron chi connectivity index (χ3n) is 0.503. The van der Waals surface area contributed by atoms with Crippen molar-refractivity contribution in [2.45, 2.75) is 15.8 Å². The van der Waals surface area contributed by atoms with Crippen molar-refractivity contribution in [2.75, 3.05) is 0 Å². The van der Waals surface area contributed by atoms with Crippen molar-refractivity contribution in [1.82, 2.24) is 0 Å². The highest BCUT2D eigenvalue weighted by Gasteiger charge is 2.20. The zero-order valence-corrected chi connectivity index (χ0v) is 6.71. The molecule has 0 aromatic rings. The molecule has 0 aliphatic rings. The van der Waals surface area contributed by atoms with Crippen LogP contribution in [0.5, 0.6) is 0 Å². The lowest BCUT2D eigenvalue weighted by molar-refractivity contribution is 0.254. The van der Waals surface area contributed by atoms with Crippen LogP contribution < -0.4 is 0 Å². The first-order chi connectivity index (χ1) is 3.55. The molecule has 50 valence electrons. The molecule has 0 amide bonds. The minimum atomic E-state index is -1.18. The van der Waals surface area contributed by atoms with Crippen LogP contribution in [-0.2, 0) is 0 Å². The van der Waals surface area contributed by atoms with Gasteiger partial charge in [0.15, 0.2) is 0 Å². The molecule has 1 N–H and O–H groups in total. The lowest BCUT2D eigenvalue weighted by atomic mass is 10.5. The fourth-order valence-corrected chi connectivity index (χ4v) is 0.690. The number of alkyl halides is 4. The van der Waals surface area contributed by atoms with Crippen LogP contribution in [0.4, 0.5) is 0 Å². The monoisotopic (exact) mass is 196 g/mol. The molecular formula is C3H4Cl4O. The number of hydrogen-bond donors (Lipinski definition) is 1. The normalized spacial score (nSPS) is 18.8. The third-order valence-corrected chi connectivity index (χ3v) is 2.20. The Morgan fingerprint density at radius 3 is 1.38 bits per heavy atom. The largest absolute Gasteiger partial charge is 0.376 e. The topological polar surface area (TPSA) is 20.2 Å². The van der Waals surface area contributed by atoms with Gasteiger partial charge in [-0.2, -0.15) is 0 Å². The molecule has 2 unspecified atom stereocenters. The van der Waals surface area contributed by atoms with Gasteiger partial charge < -0.3 is 5.11 Å². The quantitative estimate of drug-likeness (QED) is 0.672. The van der Waals surface area contributed by atoms with E-state index in [9.17, 15) is 0 Å². The van der Waals surface area contributed by atoms with Gasteiger partial charge in [0.25, 0.3) is 0 Å². The van der Waals surface area contributed by atoms with Gasteiger partial charge in [0.1, 0.15) is 15.8 Å². The van der Waals surface area contributed by atoms with Gasteiger partial charge in [-0.05, 0) is 0 Å². The second kappa shape index (κ2) is 4.02. The molecule has 5 heteroatoms. The van der Waals surface area contributed by atoms with Crippen LogP contribution in [0.15, 0.2) is 0 Å². The summed E-state index contributed by atoms with van der Waals surface area (Å²) in [5.74, 6) is 0. The van der Waals surface area contributed by atoms with Gasteiger partial charge in [-0.15, -0.1) is 34.8 Å². The van der Waals surface area contributed by atoms with Crippen molar-refractivity contribution in [2.24, 2.45) is 0 Å². The fourth-order valence-electron chi connectivity index (χ4n) is 0.120. The standard InChI is InChI=1S/C3H4Cl4O/c4-1(2(5)6)3(7)8/h1-3,8H. The molecule has 0 aromatic carbocycles. The van der Waals surface area contributed by atoms with Gasteiger partial charge in [-0.3, -0.25) is 0 Å². The molecule has 0 aliphatic heterocycles. The van der Waals surface area contributed by atoms with Crippen LogP contribution in [-0.4, -0.2) is 20.9 Å². The number of aliphatic hydroxyl groups is 1. The maximum absolute atomic E-state index is 8.46. The third kappa shape index (κ3) is 3.21. The van der Waals surface area contributed by atoms with Gasteiger partial charge in [-0.25, -0.2) is 0 Å². The van der Waals surface area contributed by atoms with Gasteiger partial charge in [0, 0.05) is 0 Å². The zero-order chi connectivity index (χ0) is 6.73. The van der Waals surface area contributed by atoms with E-state index in [2.05, 4.69) is 0 Å². The molecule has 0 radical (unpaired) electrons. The molecule has 0 saturated heterocycles. The summed E-state index contributed by atoms with van der Waals surface area (Å²) in [5, 5.41) is 7.65. The van der Waals surface area contributed by atoms with E-state index in [1.54, 1.807) is 0 Å². The predicted molar refractivity (Wildman–Crippen MR) is 37.0 cm³/mol. The maximum Gasteiger partial charge on any atom is 0.146 e. The van der Waals surface area contributed by atoms with Crippen LogP contribution >= 0.6 is 46.4 Å². The van der Waals surface area contributed by atoms with Crippen LogP contribution in [0.1, 0.15) is 0 Å². The minimum absolute atomic E-state index is 0.806. The van der Waals surface area contributed by atoms with Crippen LogP contribution in [0.3, 0.4) is 0 Å². The number of hydrogen-bond acceptors (Lipinski definition) is 1. The Bertz CT molecular complexity index is 56.3. The summed E-state index contributed by atoms with van der Waals surface area (Å²) in [6, 6.07) is 0. The molecule has 0 fully saturated rings. The highest BCUT2D eigenvalue weighted by molar-refractivity contribution is 6.49. The second-order valence-corrected chi connectivity index (χ2v) is 3.27. The summed E-state index contributed by atoms with van der Waals surface area (Å²) in [6.07, 6.45) is 0. The average molecular weight is 198 g/mol. The fraction of sp³-hybridized carbons (Fsp3) is 1.00. The SMILES string of the molecule is OC(Cl)C(Cl)C(Cl)Cl. The summed E-state index contributed by atoms with van der Waals surface area (Å²) in [4.78, 5) is -0.829. The van der Waals surface area contributed by atoms with Crippen molar-refractivity contribution in [3.63, 3.8) is 0 Å². The van der Waals surface area contributed by atoms with E-state index in [4.69, 9.17) is 51.5 Å². The van der Waals surface area contributed by atoms with Gasteiger partial charge in [-0.1, -0.05) is 11.6 Å². The van der Waals surface area contributed by atoms with E-state index < -0.39 is 15.8 Å². The molecule has 0 saturated carbocycles. The van der Waals surface area contributed by atoms with Crippen molar-refractivity contribution in [3.8, 4) is 0 Å². The summed E-state index contributed by atoms with van der Waals surface area (Å²) < 4.78 is 0. The average Bonchev–Trinajstić information content (AvgIpc) is 1.64. The predicted octanol–water partition coefficient (Wildman–Crippen LogP) is 1.95. The molecule has 0 spiro atoms. The molecule has 8 heavy (non-hydrogen) atoms. The van der Waals surface area contributed by atoms with E-state index >= 15 is 0 Å². The summed E-state index contributed by atoms with van der Waals surface area (Å²) in [5.41, 5.74) is -1.18. The maximum atomic E-state index is 8.46. The molecular weight excluding hydrogens is 194 g/mol. The van der Waals surface area contributed by atoms with E-state index in [0.717, 1.165) is 0 Å². The first-order valence-electron chi connectivity index (χ1n) is 1.80. The molecule has 0 bridgehead atoms. The Morgan fingerprint density at radius 2 is 1.38 bits per heavy atom. The highest BCUT2D eigenvalue weighted by Crippen LogP contribution is 2.19. The van der Waals surface area contributed by atoms with E-state index in [1.165, 1.54) is 0 Å². The Hall–Kier alpha value is 1.12. The molecule has 0 rings (SSSR count). The summed E-state index contributed by atoms with van der Waals surface area (Å²) in [7, 11) is 0. The number of halogens is 4. The van der Waals surface area contributed by atoms with E-state index in [1.807, 2.05) is 0 Å². The minimum Gasteiger partial charge on any atom is -0.376 e. The van der Waals surface area contributed by atoms with E-state index in [-0.39, 0.29) is 0 Å². The molecule has 2 atom stereocenters. The molecule has 0 aromatic heterocycles. The van der Waals surface area contributed by atoms with E-state index in [0.29, 0.717) is 0 Å². The molecule has 0 aliphatic carbocycles. The lowest BCUT2D eigenvalue weighted by Crippen LogP contribution is -2.20. The van der Waals surface area contributed by atoms with Crippen molar-refractivity contribution in [3.05, 3.63) is 0 Å². The van der Waals surface area contributed by atoms with Crippen LogP contribution in [0.2, 0.25) is 0 Å². The molecule has 0 heterocycles. The summed E-state index contributed by atoms with van der Waals surface area (Å²) >= 11 is 20.8. The number of rotatable bonds is 2. The zero-order valence-electron chi connectivity index (χ0n) is 3.69. The Labute approximate surface area is 67.5 Å². The lowest BCUT2D eigenvalue weighted by Gasteiger charge is -2.09. The first-order valence-corrected chi connectivity index (χ1v) is 3.54. The van der Waals surface area contributed by atoms with Crippen LogP contribution in [0, 0.1) is 0 Å². The smallest absolute Gasteiger partial charge is 0.146 e. The highest BCUT2D eigenvalue weighted by atomic mass is 35.5. The van der Waals surface area contributed by atoms with Crippen LogP contribution in [0.25, 0.3) is 0 Å². The Morgan fingerprint density at radius 1 is 1.00 bits per heavy atom. The number of aliphatic hydroxyl groups excluding tert-OH is 1. The Kier molecular flexibility index (Phi) is 4.58. The van der Waals surface area contributed by atoms with Crippen molar-refractivity contribution < 1.29 is 5.11 Å². The second-order valence-electron chi connectivity index (χ2n) is 1.15. The summed E-state index contributed by atoms with van der Waals surface area (Å²) in [6.45, 7) is 0.